The summed E-state index contributed by atoms with van der Waals surface area (Å²) in [6.07, 6.45) is 3.27. The van der Waals surface area contributed by atoms with Gasteiger partial charge in [-0.2, -0.15) is 24.6 Å². The Morgan fingerprint density at radius 1 is 1.16 bits per heavy atom. The first-order valence-corrected chi connectivity index (χ1v) is 10.1. The van der Waals surface area contributed by atoms with E-state index in [-0.39, 0.29) is 28.4 Å². The lowest BCUT2D eigenvalue weighted by Gasteiger charge is -2.47. The number of nitrogens with two attached hydrogens (primary N) is 1. The lowest BCUT2D eigenvalue weighted by Crippen LogP contribution is -2.44. The first-order valence-electron chi connectivity index (χ1n) is 10.1. The van der Waals surface area contributed by atoms with E-state index in [4.69, 9.17) is 10.5 Å². The Kier molecular flexibility index (Phi) is 5.79. The quantitative estimate of drug-likeness (QED) is 0.724. The molecule has 0 heterocycles. The van der Waals surface area contributed by atoms with Crippen LogP contribution in [0.2, 0.25) is 0 Å². The molecule has 3 atom stereocenters. The monoisotopic (exact) mass is 422 g/mol. The molecule has 0 saturated heterocycles. The van der Waals surface area contributed by atoms with Crippen molar-refractivity contribution in [1.82, 2.24) is 0 Å². The van der Waals surface area contributed by atoms with Gasteiger partial charge in [-0.25, -0.2) is 0 Å². The number of ether oxygens (including phenoxy) is 1. The smallest absolute Gasteiger partial charge is 0.387 e. The molecule has 0 spiro atoms. The molecule has 160 valence electrons. The third kappa shape index (κ3) is 3.64. The van der Waals surface area contributed by atoms with Crippen LogP contribution in [0.4, 0.5) is 8.78 Å². The standard InChI is InChI=1S/C24H24F2N4O/c1-23(2,3)14-8-9-15-17(10-14)20(16-6-4-5-7-19(16)31-22(25)26)24(12-28,13-29)21(30)18(15)11-27/h4-7,9,14,17,20,22H,8,10,30H2,1-3H3. The fourth-order valence-electron chi connectivity index (χ4n) is 4.88. The zero-order chi connectivity index (χ0) is 23.0. The normalized spacial score (nSPS) is 25.0. The number of halogens is 2. The summed E-state index contributed by atoms with van der Waals surface area (Å²) < 4.78 is 31.0. The molecule has 1 aromatic rings. The molecule has 31 heavy (non-hydrogen) atoms. The minimum absolute atomic E-state index is 0.0625. The molecule has 0 fully saturated rings. The van der Waals surface area contributed by atoms with Crippen LogP contribution < -0.4 is 10.5 Å². The Morgan fingerprint density at radius 2 is 1.81 bits per heavy atom. The van der Waals surface area contributed by atoms with Gasteiger partial charge in [0.2, 0.25) is 0 Å². The highest BCUT2D eigenvalue weighted by atomic mass is 19.3. The van der Waals surface area contributed by atoms with E-state index in [1.54, 1.807) is 18.2 Å². The van der Waals surface area contributed by atoms with Crippen LogP contribution in [0.3, 0.4) is 0 Å². The summed E-state index contributed by atoms with van der Waals surface area (Å²) in [5, 5.41) is 30.1. The molecule has 2 aliphatic rings. The minimum atomic E-state index is -3.06. The van der Waals surface area contributed by atoms with E-state index in [0.717, 1.165) is 6.42 Å². The molecule has 0 saturated carbocycles. The van der Waals surface area contributed by atoms with Crippen LogP contribution in [0, 0.1) is 56.7 Å². The van der Waals surface area contributed by atoms with Crippen LogP contribution in [0.5, 0.6) is 5.75 Å². The van der Waals surface area contributed by atoms with Crippen molar-refractivity contribution in [2.45, 2.75) is 46.1 Å². The summed E-state index contributed by atoms with van der Waals surface area (Å²) in [5.41, 5.74) is 5.34. The van der Waals surface area contributed by atoms with Crippen molar-refractivity contribution in [2.75, 3.05) is 0 Å². The topological polar surface area (TPSA) is 107 Å². The number of nitrogens with zero attached hydrogens (tertiary/aromatic N) is 3. The van der Waals surface area contributed by atoms with E-state index in [9.17, 15) is 24.6 Å². The second kappa shape index (κ2) is 8.05. The third-order valence-electron chi connectivity index (χ3n) is 6.57. The van der Waals surface area contributed by atoms with E-state index in [1.807, 2.05) is 18.2 Å². The molecule has 3 unspecified atom stereocenters. The number of para-hydroxylation sites is 1. The molecule has 3 rings (SSSR count). The lowest BCUT2D eigenvalue weighted by molar-refractivity contribution is -0.0510. The number of benzene rings is 1. The SMILES string of the molecule is CC(C)(C)C1CC=C2C(C#N)=C(N)C(C#N)(C#N)C(c3ccccc3OC(F)F)C2C1. The molecule has 0 radical (unpaired) electrons. The maximum absolute atomic E-state index is 13.1. The van der Waals surface area contributed by atoms with Gasteiger partial charge in [-0.05, 0) is 41.7 Å². The molecule has 0 aliphatic heterocycles. The van der Waals surface area contributed by atoms with E-state index in [1.165, 1.54) is 6.07 Å². The molecular formula is C24H24F2N4O. The number of hydrogen-bond acceptors (Lipinski definition) is 5. The molecule has 0 bridgehead atoms. The molecular weight excluding hydrogens is 398 g/mol. The Balaban J connectivity index is 2.32. The summed E-state index contributed by atoms with van der Waals surface area (Å²) in [6, 6.07) is 12.3. The van der Waals surface area contributed by atoms with E-state index in [0.29, 0.717) is 17.6 Å². The van der Waals surface area contributed by atoms with Gasteiger partial charge < -0.3 is 10.5 Å². The average Bonchev–Trinajstić information content (AvgIpc) is 2.72. The summed E-state index contributed by atoms with van der Waals surface area (Å²) in [6.45, 7) is 3.27. The van der Waals surface area contributed by atoms with Gasteiger partial charge in [-0.15, -0.1) is 0 Å². The fraction of sp³-hybridized carbons (Fsp3) is 0.458. The summed E-state index contributed by atoms with van der Waals surface area (Å²) in [4.78, 5) is 0. The Bertz CT molecular complexity index is 1050. The van der Waals surface area contributed by atoms with Crippen molar-refractivity contribution >= 4 is 0 Å². The predicted octanol–water partition coefficient (Wildman–Crippen LogP) is 5.15. The zero-order valence-electron chi connectivity index (χ0n) is 17.7. The first-order chi connectivity index (χ1) is 14.6. The molecule has 0 amide bonds. The van der Waals surface area contributed by atoms with Gasteiger partial charge in [0.05, 0.1) is 23.4 Å². The van der Waals surface area contributed by atoms with Crippen LogP contribution >= 0.6 is 0 Å². The van der Waals surface area contributed by atoms with Gasteiger partial charge in [0.25, 0.3) is 0 Å². The number of hydrogen-bond donors (Lipinski definition) is 1. The van der Waals surface area contributed by atoms with Gasteiger partial charge in [0.15, 0.2) is 5.41 Å². The number of rotatable bonds is 3. The fourth-order valence-corrected chi connectivity index (χ4v) is 4.88. The van der Waals surface area contributed by atoms with Crippen molar-refractivity contribution in [3.05, 3.63) is 52.7 Å². The second-order valence-electron chi connectivity index (χ2n) is 9.13. The molecule has 2 N–H and O–H groups in total. The summed E-state index contributed by atoms with van der Waals surface area (Å²) >= 11 is 0. The van der Waals surface area contributed by atoms with Crippen LogP contribution in [0.1, 0.15) is 45.1 Å². The van der Waals surface area contributed by atoms with E-state index >= 15 is 0 Å². The van der Waals surface area contributed by atoms with Gasteiger partial charge >= 0.3 is 6.61 Å². The van der Waals surface area contributed by atoms with Crippen molar-refractivity contribution in [3.63, 3.8) is 0 Å². The van der Waals surface area contributed by atoms with E-state index in [2.05, 4.69) is 26.8 Å². The Morgan fingerprint density at radius 3 is 2.35 bits per heavy atom. The van der Waals surface area contributed by atoms with Crippen LogP contribution in [-0.2, 0) is 0 Å². The van der Waals surface area contributed by atoms with Crippen molar-refractivity contribution in [2.24, 2.45) is 28.4 Å². The highest BCUT2D eigenvalue weighted by molar-refractivity contribution is 5.60. The van der Waals surface area contributed by atoms with Gasteiger partial charge in [0, 0.05) is 11.5 Å². The summed E-state index contributed by atoms with van der Waals surface area (Å²) in [7, 11) is 0. The number of alkyl halides is 2. The molecule has 2 aliphatic carbocycles. The number of allylic oxidation sites excluding steroid dienone is 4. The van der Waals surface area contributed by atoms with Crippen LogP contribution in [-0.4, -0.2) is 6.61 Å². The maximum Gasteiger partial charge on any atom is 0.387 e. The minimum Gasteiger partial charge on any atom is -0.435 e. The van der Waals surface area contributed by atoms with E-state index < -0.39 is 23.9 Å². The predicted molar refractivity (Wildman–Crippen MR) is 110 cm³/mol. The highest BCUT2D eigenvalue weighted by Gasteiger charge is 2.55. The second-order valence-corrected chi connectivity index (χ2v) is 9.13. The zero-order valence-corrected chi connectivity index (χ0v) is 17.7. The maximum atomic E-state index is 13.1. The molecule has 0 aromatic heterocycles. The Hall–Kier alpha value is -3.37. The lowest BCUT2D eigenvalue weighted by atomic mass is 9.54. The van der Waals surface area contributed by atoms with Crippen molar-refractivity contribution in [3.8, 4) is 24.0 Å². The molecule has 1 aromatic carbocycles. The third-order valence-corrected chi connectivity index (χ3v) is 6.57. The van der Waals surface area contributed by atoms with Gasteiger partial charge in [-0.3, -0.25) is 0 Å². The number of fused-ring (bicyclic) bond motifs is 1. The van der Waals surface area contributed by atoms with Crippen molar-refractivity contribution < 1.29 is 13.5 Å². The molecule has 5 nitrogen and oxygen atoms in total. The Labute approximate surface area is 181 Å². The van der Waals surface area contributed by atoms with Crippen LogP contribution in [0.25, 0.3) is 0 Å². The van der Waals surface area contributed by atoms with Gasteiger partial charge in [-0.1, -0.05) is 45.0 Å². The van der Waals surface area contributed by atoms with Gasteiger partial charge in [0.1, 0.15) is 11.8 Å². The summed E-state index contributed by atoms with van der Waals surface area (Å²) in [5.74, 6) is -1.16. The first kappa shape index (κ1) is 22.3. The largest absolute Gasteiger partial charge is 0.435 e. The van der Waals surface area contributed by atoms with Crippen molar-refractivity contribution in [1.29, 1.82) is 15.8 Å². The highest BCUT2D eigenvalue weighted by Crippen LogP contribution is 2.59. The molecule has 7 heteroatoms. The van der Waals surface area contributed by atoms with Crippen LogP contribution in [0.15, 0.2) is 47.2 Å². The average molecular weight is 422 g/mol. The number of nitriles is 3.